The van der Waals surface area contributed by atoms with Gasteiger partial charge in [-0.25, -0.2) is 4.98 Å². The van der Waals surface area contributed by atoms with Crippen molar-refractivity contribution < 1.29 is 0 Å². The van der Waals surface area contributed by atoms with Crippen LogP contribution in [0.15, 0.2) is 24.3 Å². The molecule has 0 saturated carbocycles. The molecule has 96 valence electrons. The summed E-state index contributed by atoms with van der Waals surface area (Å²) in [6, 6.07) is 7.99. The van der Waals surface area contributed by atoms with E-state index in [0.717, 1.165) is 22.2 Å². The Kier molecular flexibility index (Phi) is 3.88. The van der Waals surface area contributed by atoms with E-state index in [4.69, 9.17) is 11.6 Å². The third-order valence-electron chi connectivity index (χ3n) is 2.46. The standard InChI is InChI=1S/C13H16ClN3S/c1-13(2,3)11-16-12(18-17-11)15-10-6-4-9(8-14)5-7-10/h4-7H,8H2,1-3H3,(H,15,16,17). The van der Waals surface area contributed by atoms with Gasteiger partial charge in [0.25, 0.3) is 0 Å². The van der Waals surface area contributed by atoms with Gasteiger partial charge in [0.2, 0.25) is 5.13 Å². The highest BCUT2D eigenvalue weighted by Gasteiger charge is 2.19. The molecule has 3 nitrogen and oxygen atoms in total. The summed E-state index contributed by atoms with van der Waals surface area (Å²) < 4.78 is 4.36. The van der Waals surface area contributed by atoms with Crippen LogP contribution in [0.1, 0.15) is 32.2 Å². The predicted molar refractivity (Wildman–Crippen MR) is 77.9 cm³/mol. The summed E-state index contributed by atoms with van der Waals surface area (Å²) in [7, 11) is 0. The molecule has 1 N–H and O–H groups in total. The summed E-state index contributed by atoms with van der Waals surface area (Å²) in [6.07, 6.45) is 0. The van der Waals surface area contributed by atoms with Crippen LogP contribution in [0, 0.1) is 0 Å². The summed E-state index contributed by atoms with van der Waals surface area (Å²) >= 11 is 7.14. The number of benzene rings is 1. The summed E-state index contributed by atoms with van der Waals surface area (Å²) in [6.45, 7) is 6.32. The van der Waals surface area contributed by atoms with Crippen LogP contribution in [0.4, 0.5) is 10.8 Å². The molecule has 1 aromatic heterocycles. The smallest absolute Gasteiger partial charge is 0.207 e. The second-order valence-electron chi connectivity index (χ2n) is 5.13. The van der Waals surface area contributed by atoms with E-state index in [1.807, 2.05) is 24.3 Å². The first-order valence-corrected chi connectivity index (χ1v) is 7.06. The number of halogens is 1. The van der Waals surface area contributed by atoms with E-state index in [9.17, 15) is 0 Å². The molecule has 18 heavy (non-hydrogen) atoms. The zero-order chi connectivity index (χ0) is 13.2. The largest absolute Gasteiger partial charge is 0.330 e. The molecular formula is C13H16ClN3S. The van der Waals surface area contributed by atoms with Crippen molar-refractivity contribution >= 4 is 34.0 Å². The van der Waals surface area contributed by atoms with E-state index < -0.39 is 0 Å². The van der Waals surface area contributed by atoms with E-state index in [1.165, 1.54) is 11.5 Å². The highest BCUT2D eigenvalue weighted by atomic mass is 35.5. The maximum absolute atomic E-state index is 5.75. The van der Waals surface area contributed by atoms with Crippen LogP contribution in [0.2, 0.25) is 0 Å². The number of anilines is 2. The number of nitrogens with zero attached hydrogens (tertiary/aromatic N) is 2. The third-order valence-corrected chi connectivity index (χ3v) is 3.40. The second kappa shape index (κ2) is 5.24. The van der Waals surface area contributed by atoms with E-state index in [0.29, 0.717) is 5.88 Å². The zero-order valence-corrected chi connectivity index (χ0v) is 12.3. The molecule has 0 aliphatic heterocycles. The fourth-order valence-corrected chi connectivity index (χ4v) is 2.34. The molecule has 0 fully saturated rings. The Hall–Kier alpha value is -1.13. The highest BCUT2D eigenvalue weighted by Crippen LogP contribution is 2.25. The van der Waals surface area contributed by atoms with Crippen molar-refractivity contribution in [2.45, 2.75) is 32.1 Å². The van der Waals surface area contributed by atoms with Crippen molar-refractivity contribution in [3.05, 3.63) is 35.7 Å². The van der Waals surface area contributed by atoms with Crippen molar-refractivity contribution in [1.29, 1.82) is 0 Å². The zero-order valence-electron chi connectivity index (χ0n) is 10.7. The van der Waals surface area contributed by atoms with Gasteiger partial charge in [0.15, 0.2) is 0 Å². The van der Waals surface area contributed by atoms with E-state index in [2.05, 4.69) is 35.4 Å². The Morgan fingerprint density at radius 1 is 1.22 bits per heavy atom. The van der Waals surface area contributed by atoms with E-state index in [-0.39, 0.29) is 5.41 Å². The number of hydrogen-bond donors (Lipinski definition) is 1. The molecule has 0 unspecified atom stereocenters. The molecule has 5 heteroatoms. The molecule has 2 aromatic rings. The molecule has 1 aromatic carbocycles. The van der Waals surface area contributed by atoms with Crippen LogP contribution in [-0.2, 0) is 11.3 Å². The minimum Gasteiger partial charge on any atom is -0.330 e. The molecule has 1 heterocycles. The lowest BCUT2D eigenvalue weighted by atomic mass is 9.96. The number of nitrogens with one attached hydrogen (secondary N) is 1. The van der Waals surface area contributed by atoms with Crippen LogP contribution in [0.25, 0.3) is 0 Å². The monoisotopic (exact) mass is 281 g/mol. The van der Waals surface area contributed by atoms with Gasteiger partial charge in [-0.3, -0.25) is 0 Å². The van der Waals surface area contributed by atoms with Gasteiger partial charge in [-0.15, -0.1) is 11.6 Å². The van der Waals surface area contributed by atoms with Gasteiger partial charge in [0.1, 0.15) is 5.82 Å². The molecule has 0 atom stereocenters. The Morgan fingerprint density at radius 2 is 1.89 bits per heavy atom. The molecule has 0 aliphatic rings. The molecule has 2 rings (SSSR count). The number of rotatable bonds is 3. The van der Waals surface area contributed by atoms with Crippen LogP contribution >= 0.6 is 23.1 Å². The molecule has 0 bridgehead atoms. The van der Waals surface area contributed by atoms with Gasteiger partial charge < -0.3 is 5.32 Å². The Labute approximate surface area is 116 Å². The Morgan fingerprint density at radius 3 is 2.39 bits per heavy atom. The maximum Gasteiger partial charge on any atom is 0.207 e. The Bertz CT molecular complexity index is 514. The van der Waals surface area contributed by atoms with Gasteiger partial charge in [0.05, 0.1) is 0 Å². The maximum atomic E-state index is 5.75. The third kappa shape index (κ3) is 3.21. The lowest BCUT2D eigenvalue weighted by Crippen LogP contribution is -2.13. The quantitative estimate of drug-likeness (QED) is 0.852. The highest BCUT2D eigenvalue weighted by molar-refractivity contribution is 7.09. The minimum absolute atomic E-state index is 0.0150. The first-order chi connectivity index (χ1) is 8.49. The van der Waals surface area contributed by atoms with Crippen molar-refractivity contribution in [2.75, 3.05) is 5.32 Å². The molecule has 0 radical (unpaired) electrons. The summed E-state index contributed by atoms with van der Waals surface area (Å²) in [5.74, 6) is 1.40. The Balaban J connectivity index is 2.11. The van der Waals surface area contributed by atoms with Crippen molar-refractivity contribution in [2.24, 2.45) is 0 Å². The average Bonchev–Trinajstić information content (AvgIpc) is 2.78. The summed E-state index contributed by atoms with van der Waals surface area (Å²) in [4.78, 5) is 4.49. The number of aromatic nitrogens is 2. The van der Waals surface area contributed by atoms with Crippen LogP contribution in [0.5, 0.6) is 0 Å². The normalized spacial score (nSPS) is 11.6. The van der Waals surface area contributed by atoms with E-state index in [1.54, 1.807) is 0 Å². The van der Waals surface area contributed by atoms with Gasteiger partial charge in [-0.1, -0.05) is 32.9 Å². The minimum atomic E-state index is -0.0150. The second-order valence-corrected chi connectivity index (χ2v) is 6.15. The predicted octanol–water partition coefficient (Wildman–Crippen LogP) is 4.32. The number of hydrogen-bond acceptors (Lipinski definition) is 4. The average molecular weight is 282 g/mol. The SMILES string of the molecule is CC(C)(C)c1nsc(Nc2ccc(CCl)cc2)n1. The molecular weight excluding hydrogens is 266 g/mol. The van der Waals surface area contributed by atoms with Crippen LogP contribution in [-0.4, -0.2) is 9.36 Å². The lowest BCUT2D eigenvalue weighted by molar-refractivity contribution is 0.555. The summed E-state index contributed by atoms with van der Waals surface area (Å²) in [5, 5.41) is 4.07. The van der Waals surface area contributed by atoms with Gasteiger partial charge >= 0.3 is 0 Å². The van der Waals surface area contributed by atoms with Gasteiger partial charge in [-0.2, -0.15) is 4.37 Å². The van der Waals surface area contributed by atoms with Crippen molar-refractivity contribution in [3.8, 4) is 0 Å². The van der Waals surface area contributed by atoms with Crippen molar-refractivity contribution in [1.82, 2.24) is 9.36 Å². The fourth-order valence-electron chi connectivity index (χ4n) is 1.38. The van der Waals surface area contributed by atoms with Crippen molar-refractivity contribution in [3.63, 3.8) is 0 Å². The molecule has 0 amide bonds. The fraction of sp³-hybridized carbons (Fsp3) is 0.385. The molecule has 0 aliphatic carbocycles. The molecule has 0 saturated heterocycles. The molecule has 0 spiro atoms. The first kappa shape index (κ1) is 13.3. The number of alkyl halides is 1. The summed E-state index contributed by atoms with van der Waals surface area (Å²) in [5.41, 5.74) is 2.09. The van der Waals surface area contributed by atoms with Gasteiger partial charge in [0, 0.05) is 28.5 Å². The van der Waals surface area contributed by atoms with Crippen LogP contribution < -0.4 is 5.32 Å². The van der Waals surface area contributed by atoms with Crippen LogP contribution in [0.3, 0.4) is 0 Å². The van der Waals surface area contributed by atoms with E-state index >= 15 is 0 Å². The first-order valence-electron chi connectivity index (χ1n) is 5.75. The lowest BCUT2D eigenvalue weighted by Gasteiger charge is -2.12. The topological polar surface area (TPSA) is 37.8 Å². The van der Waals surface area contributed by atoms with Gasteiger partial charge in [-0.05, 0) is 17.7 Å².